The topological polar surface area (TPSA) is 89.3 Å². The van der Waals surface area contributed by atoms with Crippen molar-refractivity contribution in [1.29, 1.82) is 0 Å². The minimum absolute atomic E-state index is 0.204. The van der Waals surface area contributed by atoms with Crippen LogP contribution >= 0.6 is 0 Å². The van der Waals surface area contributed by atoms with Crippen molar-refractivity contribution in [3.63, 3.8) is 0 Å². The lowest BCUT2D eigenvalue weighted by molar-refractivity contribution is -0.119. The highest BCUT2D eigenvalue weighted by molar-refractivity contribution is 7.92. The number of rotatable bonds is 5. The minimum Gasteiger partial charge on any atom is -0.368 e. The van der Waals surface area contributed by atoms with E-state index in [1.54, 1.807) is 20.8 Å². The van der Waals surface area contributed by atoms with Gasteiger partial charge in [0.25, 0.3) is 0 Å². The number of primary amides is 1. The maximum atomic E-state index is 11.3. The number of hydrogen-bond donors (Lipinski definition) is 2. The Kier molecular flexibility index (Phi) is 4.08. The van der Waals surface area contributed by atoms with Crippen molar-refractivity contribution < 1.29 is 13.2 Å². The number of sulfone groups is 1. The van der Waals surface area contributed by atoms with Gasteiger partial charge in [-0.3, -0.25) is 4.79 Å². The first-order chi connectivity index (χ1) is 6.08. The summed E-state index contributed by atoms with van der Waals surface area (Å²) < 4.78 is 21.7. The van der Waals surface area contributed by atoms with Crippen LogP contribution < -0.4 is 11.1 Å². The number of hydrogen-bond acceptors (Lipinski definition) is 4. The van der Waals surface area contributed by atoms with E-state index < -0.39 is 26.5 Å². The van der Waals surface area contributed by atoms with Gasteiger partial charge < -0.3 is 11.1 Å². The van der Waals surface area contributed by atoms with E-state index in [-0.39, 0.29) is 6.54 Å². The Balaban J connectivity index is 4.34. The Bertz CT molecular complexity index is 309. The highest BCUT2D eigenvalue weighted by Crippen LogP contribution is 2.13. The van der Waals surface area contributed by atoms with Gasteiger partial charge in [-0.2, -0.15) is 0 Å². The SMILES string of the molecule is CC(NCC(C)(C)S(C)(=O)=O)C(N)=O. The van der Waals surface area contributed by atoms with Gasteiger partial charge in [-0.1, -0.05) is 0 Å². The van der Waals surface area contributed by atoms with Crippen molar-refractivity contribution in [2.45, 2.75) is 31.6 Å². The molecule has 84 valence electrons. The van der Waals surface area contributed by atoms with Crippen LogP contribution in [-0.4, -0.2) is 37.9 Å². The predicted molar refractivity (Wildman–Crippen MR) is 55.6 cm³/mol. The first kappa shape index (κ1) is 13.4. The van der Waals surface area contributed by atoms with E-state index in [1.165, 1.54) is 6.26 Å². The minimum atomic E-state index is -3.14. The fraction of sp³-hybridized carbons (Fsp3) is 0.875. The summed E-state index contributed by atoms with van der Waals surface area (Å²) in [5, 5.41) is 2.78. The maximum absolute atomic E-state index is 11.3. The van der Waals surface area contributed by atoms with Crippen molar-refractivity contribution in [2.24, 2.45) is 5.73 Å². The Morgan fingerprint density at radius 1 is 1.50 bits per heavy atom. The summed E-state index contributed by atoms with van der Waals surface area (Å²) >= 11 is 0. The van der Waals surface area contributed by atoms with Crippen molar-refractivity contribution in [2.75, 3.05) is 12.8 Å². The van der Waals surface area contributed by atoms with Crippen molar-refractivity contribution >= 4 is 15.7 Å². The zero-order chi connectivity index (χ0) is 11.6. The molecule has 0 aliphatic rings. The molecule has 0 spiro atoms. The average Bonchev–Trinajstić information content (AvgIpc) is 1.97. The monoisotopic (exact) mass is 222 g/mol. The molecule has 0 aliphatic heterocycles. The Morgan fingerprint density at radius 2 is 1.93 bits per heavy atom. The number of amides is 1. The molecule has 0 radical (unpaired) electrons. The molecule has 0 saturated heterocycles. The van der Waals surface area contributed by atoms with E-state index in [0.29, 0.717) is 0 Å². The first-order valence-corrected chi connectivity index (χ1v) is 6.19. The largest absolute Gasteiger partial charge is 0.368 e. The van der Waals surface area contributed by atoms with E-state index in [4.69, 9.17) is 5.73 Å². The van der Waals surface area contributed by atoms with E-state index in [2.05, 4.69) is 5.32 Å². The van der Waals surface area contributed by atoms with Crippen LogP contribution in [0.5, 0.6) is 0 Å². The van der Waals surface area contributed by atoms with Crippen LogP contribution in [0, 0.1) is 0 Å². The van der Waals surface area contributed by atoms with Gasteiger partial charge in [0.05, 0.1) is 10.8 Å². The molecule has 5 nitrogen and oxygen atoms in total. The van der Waals surface area contributed by atoms with Crippen molar-refractivity contribution in [1.82, 2.24) is 5.32 Å². The molecule has 0 bridgehead atoms. The lowest BCUT2D eigenvalue weighted by Gasteiger charge is -2.24. The fourth-order valence-corrected chi connectivity index (χ4v) is 0.976. The van der Waals surface area contributed by atoms with Crippen LogP contribution in [0.3, 0.4) is 0 Å². The molecule has 0 aliphatic carbocycles. The summed E-state index contributed by atoms with van der Waals surface area (Å²) in [6, 6.07) is -0.518. The molecule has 14 heavy (non-hydrogen) atoms. The molecular formula is C8H18N2O3S. The number of carbonyl (C=O) groups is 1. The molecule has 0 saturated carbocycles. The number of nitrogens with two attached hydrogens (primary N) is 1. The van der Waals surface area contributed by atoms with Gasteiger partial charge in [0.15, 0.2) is 9.84 Å². The fourth-order valence-electron chi connectivity index (χ4n) is 0.631. The average molecular weight is 222 g/mol. The third-order valence-electron chi connectivity index (χ3n) is 2.26. The zero-order valence-electron chi connectivity index (χ0n) is 8.99. The molecule has 1 unspecified atom stereocenters. The second kappa shape index (κ2) is 4.27. The van der Waals surface area contributed by atoms with Gasteiger partial charge in [-0.05, 0) is 20.8 Å². The van der Waals surface area contributed by atoms with Gasteiger partial charge >= 0.3 is 0 Å². The van der Waals surface area contributed by atoms with Crippen LogP contribution in [-0.2, 0) is 14.6 Å². The Hall–Kier alpha value is -0.620. The smallest absolute Gasteiger partial charge is 0.234 e. The van der Waals surface area contributed by atoms with Gasteiger partial charge in [-0.15, -0.1) is 0 Å². The quantitative estimate of drug-likeness (QED) is 0.642. The Morgan fingerprint density at radius 3 is 2.21 bits per heavy atom. The molecule has 1 atom stereocenters. The molecule has 0 rings (SSSR count). The summed E-state index contributed by atoms with van der Waals surface area (Å²) in [6.07, 6.45) is 1.17. The summed E-state index contributed by atoms with van der Waals surface area (Å²) in [4.78, 5) is 10.7. The number of nitrogens with one attached hydrogen (secondary N) is 1. The molecule has 0 heterocycles. The second-order valence-electron chi connectivity index (χ2n) is 4.04. The zero-order valence-corrected chi connectivity index (χ0v) is 9.81. The van der Waals surface area contributed by atoms with E-state index in [9.17, 15) is 13.2 Å². The molecule has 1 amide bonds. The van der Waals surface area contributed by atoms with Gasteiger partial charge in [0.2, 0.25) is 5.91 Å². The molecule has 6 heteroatoms. The van der Waals surface area contributed by atoms with Crippen LogP contribution in [0.4, 0.5) is 0 Å². The summed E-state index contributed by atoms with van der Waals surface area (Å²) in [5.41, 5.74) is 5.02. The molecule has 0 fully saturated rings. The normalized spacial score (nSPS) is 15.1. The van der Waals surface area contributed by atoms with Gasteiger partial charge in [0, 0.05) is 12.8 Å². The highest BCUT2D eigenvalue weighted by atomic mass is 32.2. The summed E-state index contributed by atoms with van der Waals surface area (Å²) in [6.45, 7) is 5.00. The number of carbonyl (C=O) groups excluding carboxylic acids is 1. The third kappa shape index (κ3) is 3.63. The maximum Gasteiger partial charge on any atom is 0.234 e. The van der Waals surface area contributed by atoms with Gasteiger partial charge in [0.1, 0.15) is 0 Å². The van der Waals surface area contributed by atoms with Crippen LogP contribution in [0.1, 0.15) is 20.8 Å². The predicted octanol–water partition coefficient (Wildman–Crippen LogP) is -0.727. The van der Waals surface area contributed by atoms with Gasteiger partial charge in [-0.25, -0.2) is 8.42 Å². The lowest BCUT2D eigenvalue weighted by Crippen LogP contribution is -2.48. The van der Waals surface area contributed by atoms with E-state index in [1.807, 2.05) is 0 Å². The van der Waals surface area contributed by atoms with Crippen LogP contribution in [0.2, 0.25) is 0 Å². The Labute approximate surface area is 85.0 Å². The summed E-state index contributed by atoms with van der Waals surface area (Å²) in [7, 11) is -3.14. The van der Waals surface area contributed by atoms with E-state index in [0.717, 1.165) is 0 Å². The summed E-state index contributed by atoms with van der Waals surface area (Å²) in [5.74, 6) is -0.491. The molecular weight excluding hydrogens is 204 g/mol. The standard InChI is InChI=1S/C8H18N2O3S/c1-6(7(9)11)10-5-8(2,3)14(4,12)13/h6,10H,5H2,1-4H3,(H2,9,11). The molecule has 0 aromatic heterocycles. The molecule has 0 aromatic carbocycles. The lowest BCUT2D eigenvalue weighted by atomic mass is 10.2. The highest BCUT2D eigenvalue weighted by Gasteiger charge is 2.30. The van der Waals surface area contributed by atoms with Crippen molar-refractivity contribution in [3.05, 3.63) is 0 Å². The molecule has 0 aromatic rings. The third-order valence-corrected chi connectivity index (χ3v) is 4.42. The van der Waals surface area contributed by atoms with Crippen molar-refractivity contribution in [3.8, 4) is 0 Å². The molecule has 3 N–H and O–H groups in total. The van der Waals surface area contributed by atoms with E-state index >= 15 is 0 Å². The van der Waals surface area contributed by atoms with Crippen LogP contribution in [0.25, 0.3) is 0 Å². The van der Waals surface area contributed by atoms with Crippen LogP contribution in [0.15, 0.2) is 0 Å². The second-order valence-corrected chi connectivity index (χ2v) is 6.69. The first-order valence-electron chi connectivity index (χ1n) is 4.30.